The van der Waals surface area contributed by atoms with Gasteiger partial charge in [-0.2, -0.15) is 0 Å². The summed E-state index contributed by atoms with van der Waals surface area (Å²) in [6, 6.07) is 9.25. The highest BCUT2D eigenvalue weighted by Gasteiger charge is 2.16. The molecule has 0 atom stereocenters. The number of carbonyl (C=O) groups excluding carboxylic acids is 1. The number of morpholine rings is 1. The Bertz CT molecular complexity index is 972. The number of rotatable bonds is 3. The highest BCUT2D eigenvalue weighted by Crippen LogP contribution is 2.31. The predicted molar refractivity (Wildman–Crippen MR) is 102 cm³/mol. The molecule has 1 N–H and O–H groups in total. The molecule has 1 fully saturated rings. The van der Waals surface area contributed by atoms with Gasteiger partial charge in [-0.1, -0.05) is 22.9 Å². The van der Waals surface area contributed by atoms with E-state index in [1.54, 1.807) is 17.4 Å². The van der Waals surface area contributed by atoms with Crippen LogP contribution < -0.4 is 10.2 Å². The lowest BCUT2D eigenvalue weighted by molar-refractivity contribution is 0.102. The van der Waals surface area contributed by atoms with E-state index in [9.17, 15) is 9.18 Å². The summed E-state index contributed by atoms with van der Waals surface area (Å²) < 4.78 is 19.5. The molecule has 1 amide bonds. The fourth-order valence-electron chi connectivity index (χ4n) is 2.75. The molecule has 1 aliphatic rings. The van der Waals surface area contributed by atoms with Gasteiger partial charge in [0, 0.05) is 18.8 Å². The summed E-state index contributed by atoms with van der Waals surface area (Å²) in [5, 5.41) is 3.83. The van der Waals surface area contributed by atoms with Crippen molar-refractivity contribution in [3.8, 4) is 0 Å². The van der Waals surface area contributed by atoms with Crippen LogP contribution in [-0.2, 0) is 4.74 Å². The van der Waals surface area contributed by atoms with Gasteiger partial charge in [0.25, 0.3) is 5.91 Å². The third kappa shape index (κ3) is 3.51. The minimum Gasteiger partial charge on any atom is -0.378 e. The van der Waals surface area contributed by atoms with E-state index in [1.165, 1.54) is 12.1 Å². The second kappa shape index (κ2) is 7.19. The first-order valence-electron chi connectivity index (χ1n) is 8.10. The van der Waals surface area contributed by atoms with Crippen molar-refractivity contribution >= 4 is 49.9 Å². The van der Waals surface area contributed by atoms with Crippen molar-refractivity contribution in [3.05, 3.63) is 52.8 Å². The van der Waals surface area contributed by atoms with Crippen LogP contribution in [0.25, 0.3) is 10.2 Å². The topological polar surface area (TPSA) is 54.5 Å². The van der Waals surface area contributed by atoms with E-state index in [1.807, 2.05) is 12.1 Å². The molecule has 1 aromatic heterocycles. The molecule has 134 valence electrons. The Labute approximate surface area is 158 Å². The van der Waals surface area contributed by atoms with Crippen LogP contribution in [-0.4, -0.2) is 37.2 Å². The summed E-state index contributed by atoms with van der Waals surface area (Å²) in [4.78, 5) is 19.2. The van der Waals surface area contributed by atoms with Gasteiger partial charge in [0.2, 0.25) is 0 Å². The minimum absolute atomic E-state index is 0.0796. The van der Waals surface area contributed by atoms with Crippen LogP contribution in [0, 0.1) is 5.82 Å². The Hall–Kier alpha value is -2.22. The van der Waals surface area contributed by atoms with Gasteiger partial charge in [-0.15, -0.1) is 0 Å². The molecule has 0 spiro atoms. The van der Waals surface area contributed by atoms with Crippen molar-refractivity contribution in [1.82, 2.24) is 4.98 Å². The number of carbonyl (C=O) groups is 1. The van der Waals surface area contributed by atoms with Gasteiger partial charge in [0.15, 0.2) is 5.13 Å². The standard InChI is InChI=1S/C18H15ClFN3O2S/c19-14-9-11(20)1-3-13(14)17(24)21-12-2-4-15-16(10-12)26-18(22-15)23-5-7-25-8-6-23/h1-4,9-10H,5-8H2,(H,21,24). The van der Waals surface area contributed by atoms with Gasteiger partial charge in [0.05, 0.1) is 34.0 Å². The number of nitrogens with zero attached hydrogens (tertiary/aromatic N) is 2. The molecule has 26 heavy (non-hydrogen) atoms. The minimum atomic E-state index is -0.478. The first-order valence-corrected chi connectivity index (χ1v) is 9.29. The number of ether oxygens (including phenoxy) is 1. The largest absolute Gasteiger partial charge is 0.378 e. The van der Waals surface area contributed by atoms with Gasteiger partial charge in [-0.05, 0) is 36.4 Å². The maximum atomic E-state index is 13.1. The van der Waals surface area contributed by atoms with Crippen molar-refractivity contribution in [2.75, 3.05) is 36.5 Å². The molecule has 1 aliphatic heterocycles. The molecule has 8 heteroatoms. The molecule has 1 saturated heterocycles. The summed E-state index contributed by atoms with van der Waals surface area (Å²) in [7, 11) is 0. The first kappa shape index (κ1) is 17.2. The van der Waals surface area contributed by atoms with Crippen LogP contribution in [0.3, 0.4) is 0 Å². The van der Waals surface area contributed by atoms with Crippen LogP contribution in [0.2, 0.25) is 5.02 Å². The number of hydrogen-bond acceptors (Lipinski definition) is 5. The van der Waals surface area contributed by atoms with E-state index in [0.717, 1.165) is 34.5 Å². The maximum absolute atomic E-state index is 13.1. The van der Waals surface area contributed by atoms with Crippen molar-refractivity contribution in [3.63, 3.8) is 0 Å². The summed E-state index contributed by atoms with van der Waals surface area (Å²) in [5.74, 6) is -0.861. The number of thiazole rings is 1. The smallest absolute Gasteiger partial charge is 0.257 e. The quantitative estimate of drug-likeness (QED) is 0.727. The van der Waals surface area contributed by atoms with Gasteiger partial charge < -0.3 is 15.0 Å². The van der Waals surface area contributed by atoms with E-state index in [-0.39, 0.29) is 16.5 Å². The highest BCUT2D eigenvalue weighted by molar-refractivity contribution is 7.22. The number of anilines is 2. The van der Waals surface area contributed by atoms with Crippen LogP contribution in [0.1, 0.15) is 10.4 Å². The lowest BCUT2D eigenvalue weighted by Gasteiger charge is -2.25. The van der Waals surface area contributed by atoms with Gasteiger partial charge >= 0.3 is 0 Å². The molecule has 4 rings (SSSR count). The SMILES string of the molecule is O=C(Nc1ccc2nc(N3CCOCC3)sc2c1)c1ccc(F)cc1Cl. The third-order valence-corrected chi connectivity index (χ3v) is 5.48. The van der Waals surface area contributed by atoms with Gasteiger partial charge in [-0.25, -0.2) is 9.37 Å². The molecular formula is C18H15ClFN3O2S. The number of halogens is 2. The summed E-state index contributed by atoms with van der Waals surface area (Å²) in [5.41, 5.74) is 1.75. The normalized spacial score (nSPS) is 14.6. The maximum Gasteiger partial charge on any atom is 0.257 e. The molecule has 0 aliphatic carbocycles. The number of amides is 1. The molecule has 5 nitrogen and oxygen atoms in total. The molecule has 0 radical (unpaired) electrons. The number of nitrogens with one attached hydrogen (secondary N) is 1. The highest BCUT2D eigenvalue weighted by atomic mass is 35.5. The Kier molecular flexibility index (Phi) is 4.76. The summed E-state index contributed by atoms with van der Waals surface area (Å²) in [6.07, 6.45) is 0. The fraction of sp³-hybridized carbons (Fsp3) is 0.222. The number of hydrogen-bond donors (Lipinski definition) is 1. The lowest BCUT2D eigenvalue weighted by atomic mass is 10.2. The van der Waals surface area contributed by atoms with Crippen LogP contribution in [0.5, 0.6) is 0 Å². The Balaban J connectivity index is 1.56. The summed E-state index contributed by atoms with van der Waals surface area (Å²) in [6.45, 7) is 3.06. The molecular weight excluding hydrogens is 377 g/mol. The Morgan fingerprint density at radius 1 is 1.23 bits per heavy atom. The fourth-order valence-corrected chi connectivity index (χ4v) is 4.06. The lowest BCUT2D eigenvalue weighted by Crippen LogP contribution is -2.36. The van der Waals surface area contributed by atoms with Crippen molar-refractivity contribution in [1.29, 1.82) is 0 Å². The third-order valence-electron chi connectivity index (χ3n) is 4.09. The average Bonchev–Trinajstić information content (AvgIpc) is 3.05. The Morgan fingerprint density at radius 2 is 2.04 bits per heavy atom. The second-order valence-corrected chi connectivity index (χ2v) is 7.27. The molecule has 0 saturated carbocycles. The van der Waals surface area contributed by atoms with Gasteiger partial charge in [0.1, 0.15) is 5.82 Å². The van der Waals surface area contributed by atoms with Crippen LogP contribution in [0.4, 0.5) is 15.2 Å². The second-order valence-electron chi connectivity index (χ2n) is 5.86. The zero-order chi connectivity index (χ0) is 18.1. The number of benzene rings is 2. The van der Waals surface area contributed by atoms with Gasteiger partial charge in [-0.3, -0.25) is 4.79 Å². The van der Waals surface area contributed by atoms with Crippen molar-refractivity contribution in [2.24, 2.45) is 0 Å². The van der Waals surface area contributed by atoms with E-state index in [2.05, 4.69) is 15.2 Å². The molecule has 2 heterocycles. The Morgan fingerprint density at radius 3 is 2.81 bits per heavy atom. The average molecular weight is 392 g/mol. The zero-order valence-electron chi connectivity index (χ0n) is 13.7. The first-order chi connectivity index (χ1) is 12.6. The van der Waals surface area contributed by atoms with E-state index in [0.29, 0.717) is 18.9 Å². The summed E-state index contributed by atoms with van der Waals surface area (Å²) >= 11 is 7.53. The van der Waals surface area contributed by atoms with E-state index >= 15 is 0 Å². The van der Waals surface area contributed by atoms with Crippen molar-refractivity contribution < 1.29 is 13.9 Å². The predicted octanol–water partition coefficient (Wildman–Crippen LogP) is 4.18. The van der Waals surface area contributed by atoms with Crippen molar-refractivity contribution in [2.45, 2.75) is 0 Å². The molecule has 0 bridgehead atoms. The number of fused-ring (bicyclic) bond motifs is 1. The molecule has 2 aromatic carbocycles. The zero-order valence-corrected chi connectivity index (χ0v) is 15.2. The van der Waals surface area contributed by atoms with Crippen LogP contribution in [0.15, 0.2) is 36.4 Å². The monoisotopic (exact) mass is 391 g/mol. The molecule has 3 aromatic rings. The van der Waals surface area contributed by atoms with Crippen LogP contribution >= 0.6 is 22.9 Å². The van der Waals surface area contributed by atoms with E-state index in [4.69, 9.17) is 16.3 Å². The number of aromatic nitrogens is 1. The van der Waals surface area contributed by atoms with E-state index < -0.39 is 5.82 Å². The molecule has 0 unspecified atom stereocenters.